The van der Waals surface area contributed by atoms with Gasteiger partial charge in [0.25, 0.3) is 0 Å². The van der Waals surface area contributed by atoms with Crippen LogP contribution in [0.3, 0.4) is 0 Å². The van der Waals surface area contributed by atoms with Crippen LogP contribution in [-0.4, -0.2) is 32.0 Å². The van der Waals surface area contributed by atoms with Crippen LogP contribution in [0.2, 0.25) is 0 Å². The van der Waals surface area contributed by atoms with E-state index >= 15 is 0 Å². The molecule has 5 heteroatoms. The normalized spacial score (nSPS) is 25.3. The largest absolute Gasteiger partial charge is 0.331 e. The molecule has 2 unspecified atom stereocenters. The van der Waals surface area contributed by atoms with Crippen LogP contribution >= 0.6 is 7.60 Å². The smallest absolute Gasteiger partial charge is 0.313 e. The summed E-state index contributed by atoms with van der Waals surface area (Å²) in [5.74, 6) is 0.807. The Labute approximate surface area is 111 Å². The Morgan fingerprint density at radius 1 is 1.22 bits per heavy atom. The quantitative estimate of drug-likeness (QED) is 0.691. The first-order chi connectivity index (χ1) is 8.59. The summed E-state index contributed by atoms with van der Waals surface area (Å²) in [7, 11) is -2.86. The van der Waals surface area contributed by atoms with E-state index in [-0.39, 0.29) is 0 Å². The standard InChI is InChI=1S/C13H28NO3P/c1-4-16-18(15,17-5-2)10-9-14-13-8-6-7-12(3)11-13/h12-14H,4-11H2,1-3H3. The molecule has 0 amide bonds. The zero-order valence-electron chi connectivity index (χ0n) is 12.0. The zero-order valence-corrected chi connectivity index (χ0v) is 12.9. The van der Waals surface area contributed by atoms with Gasteiger partial charge in [-0.2, -0.15) is 0 Å². The summed E-state index contributed by atoms with van der Waals surface area (Å²) in [6, 6.07) is 0.574. The average molecular weight is 277 g/mol. The second kappa shape index (κ2) is 8.31. The monoisotopic (exact) mass is 277 g/mol. The Balaban J connectivity index is 2.27. The third-order valence-corrected chi connectivity index (χ3v) is 5.48. The van der Waals surface area contributed by atoms with Crippen molar-refractivity contribution >= 4 is 7.60 Å². The van der Waals surface area contributed by atoms with Gasteiger partial charge in [-0.15, -0.1) is 0 Å². The fourth-order valence-electron chi connectivity index (χ4n) is 2.58. The van der Waals surface area contributed by atoms with Gasteiger partial charge < -0.3 is 14.4 Å². The SMILES string of the molecule is CCOP(=O)(CCNC1CCCC(C)C1)OCC. The van der Waals surface area contributed by atoms with Crippen molar-refractivity contribution in [3.8, 4) is 0 Å². The molecule has 18 heavy (non-hydrogen) atoms. The van der Waals surface area contributed by atoms with Gasteiger partial charge in [0.1, 0.15) is 0 Å². The van der Waals surface area contributed by atoms with Crippen LogP contribution in [-0.2, 0) is 13.6 Å². The first-order valence-corrected chi connectivity index (χ1v) is 8.94. The maximum absolute atomic E-state index is 12.2. The van der Waals surface area contributed by atoms with Gasteiger partial charge in [-0.25, -0.2) is 0 Å². The Bertz CT molecular complexity index is 263. The lowest BCUT2D eigenvalue weighted by Crippen LogP contribution is -2.35. The molecule has 1 saturated carbocycles. The molecule has 1 aliphatic rings. The van der Waals surface area contributed by atoms with Crippen molar-refractivity contribution in [1.29, 1.82) is 0 Å². The summed E-state index contributed by atoms with van der Waals surface area (Å²) in [5, 5.41) is 3.49. The zero-order chi connectivity index (χ0) is 13.4. The predicted molar refractivity (Wildman–Crippen MR) is 75.1 cm³/mol. The van der Waals surface area contributed by atoms with E-state index in [0.29, 0.717) is 32.0 Å². The van der Waals surface area contributed by atoms with Crippen molar-refractivity contribution in [3.63, 3.8) is 0 Å². The van der Waals surface area contributed by atoms with Crippen molar-refractivity contribution in [1.82, 2.24) is 5.32 Å². The molecule has 1 aliphatic carbocycles. The van der Waals surface area contributed by atoms with Gasteiger partial charge in [0.05, 0.1) is 19.4 Å². The maximum Gasteiger partial charge on any atom is 0.331 e. The second-order valence-corrected chi connectivity index (χ2v) is 7.28. The van der Waals surface area contributed by atoms with Crippen LogP contribution in [0.1, 0.15) is 46.5 Å². The van der Waals surface area contributed by atoms with E-state index in [1.807, 2.05) is 13.8 Å². The molecule has 4 nitrogen and oxygen atoms in total. The van der Waals surface area contributed by atoms with E-state index < -0.39 is 7.60 Å². The van der Waals surface area contributed by atoms with E-state index in [2.05, 4.69) is 12.2 Å². The summed E-state index contributed by atoms with van der Waals surface area (Å²) in [6.45, 7) is 7.60. The molecule has 0 aromatic rings. The second-order valence-electron chi connectivity index (χ2n) is 5.09. The van der Waals surface area contributed by atoms with E-state index in [0.717, 1.165) is 5.92 Å². The summed E-state index contributed by atoms with van der Waals surface area (Å²) in [4.78, 5) is 0. The van der Waals surface area contributed by atoms with Gasteiger partial charge in [0.15, 0.2) is 0 Å². The van der Waals surface area contributed by atoms with Gasteiger partial charge in [-0.3, -0.25) is 4.57 Å². The van der Waals surface area contributed by atoms with Crippen molar-refractivity contribution in [3.05, 3.63) is 0 Å². The Morgan fingerprint density at radius 3 is 2.44 bits per heavy atom. The maximum atomic E-state index is 12.2. The lowest BCUT2D eigenvalue weighted by Gasteiger charge is -2.28. The van der Waals surface area contributed by atoms with Crippen molar-refractivity contribution < 1.29 is 13.6 Å². The lowest BCUT2D eigenvalue weighted by atomic mass is 9.87. The van der Waals surface area contributed by atoms with E-state index in [9.17, 15) is 4.57 Å². The highest BCUT2D eigenvalue weighted by Gasteiger charge is 2.24. The minimum absolute atomic E-state index is 0.442. The van der Waals surface area contributed by atoms with Crippen LogP contribution in [0.5, 0.6) is 0 Å². The summed E-state index contributed by atoms with van der Waals surface area (Å²) >= 11 is 0. The van der Waals surface area contributed by atoms with Crippen LogP contribution in [0, 0.1) is 5.92 Å². The Hall–Kier alpha value is 0.110. The van der Waals surface area contributed by atoms with Crippen LogP contribution in [0.25, 0.3) is 0 Å². The number of rotatable bonds is 8. The molecule has 0 aliphatic heterocycles. The average Bonchev–Trinajstić information content (AvgIpc) is 2.29. The number of nitrogens with one attached hydrogen (secondary N) is 1. The molecule has 0 bridgehead atoms. The molecule has 0 aromatic heterocycles. The van der Waals surface area contributed by atoms with Gasteiger partial charge in [-0.05, 0) is 32.6 Å². The molecule has 0 aromatic carbocycles. The topological polar surface area (TPSA) is 47.6 Å². The minimum Gasteiger partial charge on any atom is -0.313 e. The fraction of sp³-hybridized carbons (Fsp3) is 1.00. The molecule has 0 saturated heterocycles. The van der Waals surface area contributed by atoms with Crippen molar-refractivity contribution in [2.75, 3.05) is 25.9 Å². The van der Waals surface area contributed by atoms with E-state index in [1.54, 1.807) is 0 Å². The van der Waals surface area contributed by atoms with Crippen molar-refractivity contribution in [2.24, 2.45) is 5.92 Å². The van der Waals surface area contributed by atoms with E-state index in [4.69, 9.17) is 9.05 Å². The highest BCUT2D eigenvalue weighted by atomic mass is 31.2. The van der Waals surface area contributed by atoms with Gasteiger partial charge >= 0.3 is 7.60 Å². The molecule has 108 valence electrons. The molecule has 0 radical (unpaired) electrons. The first-order valence-electron chi connectivity index (χ1n) is 7.21. The minimum atomic E-state index is -2.86. The van der Waals surface area contributed by atoms with E-state index in [1.165, 1.54) is 25.7 Å². The first kappa shape index (κ1) is 16.2. The summed E-state index contributed by atoms with van der Waals surface area (Å²) < 4.78 is 22.8. The highest BCUT2D eigenvalue weighted by molar-refractivity contribution is 7.53. The molecule has 0 heterocycles. The van der Waals surface area contributed by atoms with Gasteiger partial charge in [0, 0.05) is 12.6 Å². The van der Waals surface area contributed by atoms with Gasteiger partial charge in [0.2, 0.25) is 0 Å². The Morgan fingerprint density at radius 2 is 1.89 bits per heavy atom. The Kier molecular flexibility index (Phi) is 7.47. The molecule has 1 N–H and O–H groups in total. The number of hydrogen-bond acceptors (Lipinski definition) is 4. The highest BCUT2D eigenvalue weighted by Crippen LogP contribution is 2.47. The third-order valence-electron chi connectivity index (χ3n) is 3.41. The number of hydrogen-bond donors (Lipinski definition) is 1. The van der Waals surface area contributed by atoms with Crippen molar-refractivity contribution in [2.45, 2.75) is 52.5 Å². The molecule has 0 spiro atoms. The molecule has 1 fully saturated rings. The molecule has 1 rings (SSSR count). The fourth-order valence-corrected chi connectivity index (χ4v) is 4.11. The molecule has 2 atom stereocenters. The molecular weight excluding hydrogens is 249 g/mol. The predicted octanol–water partition coefficient (Wildman–Crippen LogP) is 3.42. The summed E-state index contributed by atoms with van der Waals surface area (Å²) in [5.41, 5.74) is 0. The third kappa shape index (κ3) is 5.83. The summed E-state index contributed by atoms with van der Waals surface area (Å²) in [6.07, 6.45) is 5.58. The van der Waals surface area contributed by atoms with Crippen LogP contribution in [0.4, 0.5) is 0 Å². The van der Waals surface area contributed by atoms with Crippen LogP contribution in [0.15, 0.2) is 0 Å². The van der Waals surface area contributed by atoms with Gasteiger partial charge in [-0.1, -0.05) is 19.8 Å². The lowest BCUT2D eigenvalue weighted by molar-refractivity contribution is 0.219. The molecular formula is C13H28NO3P. The van der Waals surface area contributed by atoms with Crippen LogP contribution < -0.4 is 5.32 Å².